The summed E-state index contributed by atoms with van der Waals surface area (Å²) in [4.78, 5) is 25.8. The van der Waals surface area contributed by atoms with E-state index < -0.39 is 11.9 Å². The zero-order valence-electron chi connectivity index (χ0n) is 12.4. The topological polar surface area (TPSA) is 46.6 Å². The number of benzene rings is 2. The quantitative estimate of drug-likeness (QED) is 0.485. The number of cyclic esters (lactones) is 2. The Labute approximate surface area is 128 Å². The number of anilines is 1. The van der Waals surface area contributed by atoms with Crippen molar-refractivity contribution < 1.29 is 14.3 Å². The fourth-order valence-corrected chi connectivity index (χ4v) is 2.37. The maximum atomic E-state index is 12.0. The summed E-state index contributed by atoms with van der Waals surface area (Å²) in [5, 5.41) is 0. The van der Waals surface area contributed by atoms with Crippen molar-refractivity contribution in [2.75, 3.05) is 19.0 Å². The minimum absolute atomic E-state index is 0.396. The Hall–Kier alpha value is -2.88. The van der Waals surface area contributed by atoms with Crippen LogP contribution in [0.25, 0.3) is 11.6 Å². The second kappa shape index (κ2) is 5.48. The van der Waals surface area contributed by atoms with Gasteiger partial charge in [0.15, 0.2) is 0 Å². The molecule has 1 aliphatic rings. The van der Waals surface area contributed by atoms with E-state index in [-0.39, 0.29) is 0 Å². The summed E-state index contributed by atoms with van der Waals surface area (Å²) in [6.45, 7) is 0. The molecule has 0 N–H and O–H groups in total. The third-order valence-corrected chi connectivity index (χ3v) is 3.56. The Morgan fingerprint density at radius 2 is 1.50 bits per heavy atom. The van der Waals surface area contributed by atoms with Crippen molar-refractivity contribution in [2.24, 2.45) is 0 Å². The standard InChI is InChI=1S/C18H15NO3/c1-19(2)13-9-7-12(8-10-13)11-16-14-5-3-4-6-15(14)17(20)22-18(16)21/h3-11H,1-2H3. The van der Waals surface area contributed by atoms with E-state index in [1.165, 1.54) is 0 Å². The fourth-order valence-electron chi connectivity index (χ4n) is 2.37. The van der Waals surface area contributed by atoms with Crippen LogP contribution in [0.4, 0.5) is 5.69 Å². The predicted molar refractivity (Wildman–Crippen MR) is 85.5 cm³/mol. The number of esters is 2. The minimum atomic E-state index is -0.611. The average molecular weight is 293 g/mol. The van der Waals surface area contributed by atoms with Crippen LogP contribution in [0.1, 0.15) is 21.5 Å². The number of hydrogen-bond acceptors (Lipinski definition) is 4. The van der Waals surface area contributed by atoms with Crippen molar-refractivity contribution >= 4 is 29.3 Å². The molecule has 1 aliphatic heterocycles. The van der Waals surface area contributed by atoms with E-state index in [2.05, 4.69) is 0 Å². The van der Waals surface area contributed by atoms with Gasteiger partial charge in [-0.2, -0.15) is 0 Å². The van der Waals surface area contributed by atoms with E-state index in [0.29, 0.717) is 16.7 Å². The van der Waals surface area contributed by atoms with E-state index in [0.717, 1.165) is 11.3 Å². The minimum Gasteiger partial charge on any atom is -0.386 e. The highest BCUT2D eigenvalue weighted by Gasteiger charge is 2.28. The van der Waals surface area contributed by atoms with Crippen molar-refractivity contribution in [3.63, 3.8) is 0 Å². The van der Waals surface area contributed by atoms with Gasteiger partial charge in [-0.3, -0.25) is 0 Å². The third kappa shape index (κ3) is 2.51. The van der Waals surface area contributed by atoms with Crippen molar-refractivity contribution in [3.8, 4) is 0 Å². The van der Waals surface area contributed by atoms with Crippen LogP contribution in [0.15, 0.2) is 48.5 Å². The summed E-state index contributed by atoms with van der Waals surface area (Å²) in [6, 6.07) is 14.8. The molecule has 0 unspecified atom stereocenters. The Morgan fingerprint density at radius 3 is 2.14 bits per heavy atom. The summed E-state index contributed by atoms with van der Waals surface area (Å²) < 4.78 is 4.81. The zero-order chi connectivity index (χ0) is 15.7. The predicted octanol–water partition coefficient (Wildman–Crippen LogP) is 2.99. The largest absolute Gasteiger partial charge is 0.386 e. The van der Waals surface area contributed by atoms with E-state index >= 15 is 0 Å². The molecule has 0 atom stereocenters. The van der Waals surface area contributed by atoms with Gasteiger partial charge in [-0.15, -0.1) is 0 Å². The molecule has 0 fully saturated rings. The highest BCUT2D eigenvalue weighted by atomic mass is 16.6. The van der Waals surface area contributed by atoms with Crippen LogP contribution < -0.4 is 4.90 Å². The second-order valence-corrected chi connectivity index (χ2v) is 5.27. The molecule has 0 bridgehead atoms. The Kier molecular flexibility index (Phi) is 3.51. The molecule has 0 radical (unpaired) electrons. The van der Waals surface area contributed by atoms with E-state index in [4.69, 9.17) is 4.74 Å². The lowest BCUT2D eigenvalue weighted by atomic mass is 9.95. The molecule has 22 heavy (non-hydrogen) atoms. The smallest absolute Gasteiger partial charge is 0.346 e. The first-order valence-electron chi connectivity index (χ1n) is 6.91. The summed E-state index contributed by atoms with van der Waals surface area (Å²) in [7, 11) is 3.93. The molecule has 0 spiro atoms. The van der Waals surface area contributed by atoms with Gasteiger partial charge < -0.3 is 9.64 Å². The van der Waals surface area contributed by atoms with Crippen molar-refractivity contribution in [1.29, 1.82) is 0 Å². The van der Waals surface area contributed by atoms with Gasteiger partial charge in [0.2, 0.25) is 0 Å². The van der Waals surface area contributed by atoms with Crippen molar-refractivity contribution in [3.05, 3.63) is 65.2 Å². The summed E-state index contributed by atoms with van der Waals surface area (Å²) in [5.41, 5.74) is 3.37. The maximum absolute atomic E-state index is 12.0. The average Bonchev–Trinajstić information content (AvgIpc) is 2.52. The van der Waals surface area contributed by atoms with Crippen LogP contribution in [0.5, 0.6) is 0 Å². The highest BCUT2D eigenvalue weighted by molar-refractivity contribution is 6.29. The third-order valence-electron chi connectivity index (χ3n) is 3.56. The molecular weight excluding hydrogens is 278 g/mol. The summed E-state index contributed by atoms with van der Waals surface area (Å²) >= 11 is 0. The van der Waals surface area contributed by atoms with Gasteiger partial charge in [0.05, 0.1) is 11.1 Å². The first-order chi connectivity index (χ1) is 10.6. The number of carbonyl (C=O) groups is 2. The van der Waals surface area contributed by atoms with Gasteiger partial charge >= 0.3 is 11.9 Å². The molecule has 4 nitrogen and oxygen atoms in total. The number of rotatable bonds is 2. The number of fused-ring (bicyclic) bond motifs is 1. The number of carbonyl (C=O) groups excluding carboxylic acids is 2. The normalized spacial score (nSPS) is 15.5. The van der Waals surface area contributed by atoms with Crippen LogP contribution in [0, 0.1) is 0 Å². The first kappa shape index (κ1) is 14.1. The molecule has 4 heteroatoms. The second-order valence-electron chi connectivity index (χ2n) is 5.27. The lowest BCUT2D eigenvalue weighted by Crippen LogP contribution is -2.21. The van der Waals surface area contributed by atoms with Crippen LogP contribution in [-0.2, 0) is 9.53 Å². The SMILES string of the molecule is CN(C)c1ccc(C=C2C(=O)OC(=O)c3ccccc32)cc1. The van der Waals surface area contributed by atoms with Gasteiger partial charge in [0.25, 0.3) is 0 Å². The Bertz CT molecular complexity index is 773. The molecule has 2 aromatic rings. The molecule has 2 aromatic carbocycles. The molecule has 0 aromatic heterocycles. The molecule has 0 amide bonds. The van der Waals surface area contributed by atoms with Gasteiger partial charge in [-0.25, -0.2) is 9.59 Å². The Balaban J connectivity index is 2.05. The van der Waals surface area contributed by atoms with Crippen molar-refractivity contribution in [1.82, 2.24) is 0 Å². The molecule has 0 saturated carbocycles. The van der Waals surface area contributed by atoms with Gasteiger partial charge in [0, 0.05) is 25.3 Å². The summed E-state index contributed by atoms with van der Waals surface area (Å²) in [6.07, 6.45) is 1.74. The van der Waals surface area contributed by atoms with Gasteiger partial charge in [-0.05, 0) is 29.8 Å². The lowest BCUT2D eigenvalue weighted by molar-refractivity contribution is -0.131. The molecule has 110 valence electrons. The van der Waals surface area contributed by atoms with Crippen LogP contribution in [0.3, 0.4) is 0 Å². The monoisotopic (exact) mass is 293 g/mol. The summed E-state index contributed by atoms with van der Waals surface area (Å²) in [5.74, 6) is -1.21. The molecule has 0 aliphatic carbocycles. The Morgan fingerprint density at radius 1 is 0.864 bits per heavy atom. The van der Waals surface area contributed by atoms with Crippen LogP contribution in [-0.4, -0.2) is 26.0 Å². The van der Waals surface area contributed by atoms with Gasteiger partial charge in [0.1, 0.15) is 0 Å². The van der Waals surface area contributed by atoms with E-state index in [1.54, 1.807) is 30.3 Å². The van der Waals surface area contributed by atoms with E-state index in [1.807, 2.05) is 43.3 Å². The molecule has 1 heterocycles. The number of ether oxygens (including phenoxy) is 1. The van der Waals surface area contributed by atoms with Crippen LogP contribution in [0.2, 0.25) is 0 Å². The number of nitrogens with zero attached hydrogens (tertiary/aromatic N) is 1. The molecule has 3 rings (SSSR count). The zero-order valence-corrected chi connectivity index (χ0v) is 12.4. The fraction of sp³-hybridized carbons (Fsp3) is 0.111. The van der Waals surface area contributed by atoms with E-state index in [9.17, 15) is 9.59 Å². The van der Waals surface area contributed by atoms with Crippen molar-refractivity contribution in [2.45, 2.75) is 0 Å². The molecular formula is C18H15NO3. The first-order valence-corrected chi connectivity index (χ1v) is 6.91. The molecule has 0 saturated heterocycles. The lowest BCUT2D eigenvalue weighted by Gasteiger charge is -2.17. The maximum Gasteiger partial charge on any atom is 0.346 e. The van der Waals surface area contributed by atoms with Crippen LogP contribution >= 0.6 is 0 Å². The highest BCUT2D eigenvalue weighted by Crippen LogP contribution is 2.28. The van der Waals surface area contributed by atoms with Gasteiger partial charge in [-0.1, -0.05) is 30.3 Å². The number of hydrogen-bond donors (Lipinski definition) is 0.